The van der Waals surface area contributed by atoms with Crippen LogP contribution in [0.15, 0.2) is 28.7 Å². The molecule has 0 saturated heterocycles. The van der Waals surface area contributed by atoms with Crippen LogP contribution in [0.3, 0.4) is 0 Å². The average molecular weight is 314 g/mol. The van der Waals surface area contributed by atoms with Crippen LogP contribution in [0.2, 0.25) is 0 Å². The Kier molecular flexibility index (Phi) is 5.63. The number of nitrogens with one attached hydrogen (secondary N) is 1. The molecule has 3 nitrogen and oxygen atoms in total. The molecule has 4 heteroatoms. The molecule has 1 fully saturated rings. The van der Waals surface area contributed by atoms with Crippen molar-refractivity contribution in [2.75, 3.05) is 19.8 Å². The van der Waals surface area contributed by atoms with E-state index in [1.165, 1.54) is 18.4 Å². The molecule has 1 aromatic carbocycles. The normalized spacial score (nSPS) is 16.8. The van der Waals surface area contributed by atoms with E-state index in [2.05, 4.69) is 33.4 Å². The number of benzene rings is 1. The second-order valence-electron chi connectivity index (χ2n) is 4.90. The third kappa shape index (κ3) is 5.48. The SMILES string of the molecule is OC(CNCc1cccc(Br)c1)COCC1CC1. The quantitative estimate of drug-likeness (QED) is 0.774. The molecule has 0 radical (unpaired) electrons. The molecule has 1 unspecified atom stereocenters. The molecule has 1 aromatic rings. The van der Waals surface area contributed by atoms with E-state index in [-0.39, 0.29) is 0 Å². The summed E-state index contributed by atoms with van der Waals surface area (Å²) < 4.78 is 6.52. The van der Waals surface area contributed by atoms with Gasteiger partial charge in [0.15, 0.2) is 0 Å². The Morgan fingerprint density at radius 3 is 3.00 bits per heavy atom. The molecule has 2 rings (SSSR count). The average Bonchev–Trinajstić information content (AvgIpc) is 3.13. The van der Waals surface area contributed by atoms with Gasteiger partial charge in [-0.15, -0.1) is 0 Å². The lowest BCUT2D eigenvalue weighted by Crippen LogP contribution is -2.30. The Bertz CT molecular complexity index is 369. The predicted octanol–water partition coefficient (Wildman–Crippen LogP) is 2.33. The Morgan fingerprint density at radius 2 is 2.28 bits per heavy atom. The largest absolute Gasteiger partial charge is 0.389 e. The molecular weight excluding hydrogens is 294 g/mol. The summed E-state index contributed by atoms with van der Waals surface area (Å²) in [5.41, 5.74) is 1.20. The van der Waals surface area contributed by atoms with Gasteiger partial charge in [-0.2, -0.15) is 0 Å². The van der Waals surface area contributed by atoms with Gasteiger partial charge in [0, 0.05) is 24.2 Å². The molecule has 1 aliphatic rings. The van der Waals surface area contributed by atoms with Crippen molar-refractivity contribution in [2.24, 2.45) is 5.92 Å². The lowest BCUT2D eigenvalue weighted by atomic mass is 10.2. The zero-order valence-electron chi connectivity index (χ0n) is 10.4. The highest BCUT2D eigenvalue weighted by Crippen LogP contribution is 2.28. The van der Waals surface area contributed by atoms with Crippen molar-refractivity contribution in [3.05, 3.63) is 34.3 Å². The van der Waals surface area contributed by atoms with Crippen LogP contribution in [-0.4, -0.2) is 31.0 Å². The summed E-state index contributed by atoms with van der Waals surface area (Å²) in [6.07, 6.45) is 2.16. The monoisotopic (exact) mass is 313 g/mol. The fourth-order valence-electron chi connectivity index (χ4n) is 1.74. The van der Waals surface area contributed by atoms with Crippen molar-refractivity contribution in [3.8, 4) is 0 Å². The van der Waals surface area contributed by atoms with Crippen LogP contribution in [0.1, 0.15) is 18.4 Å². The molecule has 1 aliphatic carbocycles. The van der Waals surface area contributed by atoms with Gasteiger partial charge in [-0.3, -0.25) is 0 Å². The van der Waals surface area contributed by atoms with Crippen LogP contribution in [0, 0.1) is 5.92 Å². The predicted molar refractivity (Wildman–Crippen MR) is 75.4 cm³/mol. The highest BCUT2D eigenvalue weighted by Gasteiger charge is 2.21. The van der Waals surface area contributed by atoms with Crippen LogP contribution >= 0.6 is 15.9 Å². The van der Waals surface area contributed by atoms with Crippen LogP contribution in [0.5, 0.6) is 0 Å². The molecule has 0 bridgehead atoms. The fourth-order valence-corrected chi connectivity index (χ4v) is 2.19. The number of aliphatic hydroxyl groups is 1. The van der Waals surface area contributed by atoms with E-state index in [0.29, 0.717) is 13.2 Å². The van der Waals surface area contributed by atoms with E-state index in [1.807, 2.05) is 12.1 Å². The lowest BCUT2D eigenvalue weighted by Gasteiger charge is -2.12. The maximum Gasteiger partial charge on any atom is 0.0897 e. The summed E-state index contributed by atoms with van der Waals surface area (Å²) in [7, 11) is 0. The van der Waals surface area contributed by atoms with Crippen molar-refractivity contribution in [2.45, 2.75) is 25.5 Å². The van der Waals surface area contributed by atoms with Crippen LogP contribution in [0.25, 0.3) is 0 Å². The van der Waals surface area contributed by atoms with Gasteiger partial charge in [0.05, 0.1) is 12.7 Å². The smallest absolute Gasteiger partial charge is 0.0897 e. The molecule has 0 aromatic heterocycles. The van der Waals surface area contributed by atoms with Crippen molar-refractivity contribution >= 4 is 15.9 Å². The van der Waals surface area contributed by atoms with E-state index in [0.717, 1.165) is 23.5 Å². The highest BCUT2D eigenvalue weighted by atomic mass is 79.9. The van der Waals surface area contributed by atoms with E-state index >= 15 is 0 Å². The van der Waals surface area contributed by atoms with Gasteiger partial charge in [0.25, 0.3) is 0 Å². The van der Waals surface area contributed by atoms with Gasteiger partial charge < -0.3 is 15.2 Å². The molecule has 1 saturated carbocycles. The minimum absolute atomic E-state index is 0.420. The summed E-state index contributed by atoms with van der Waals surface area (Å²) in [4.78, 5) is 0. The van der Waals surface area contributed by atoms with Crippen LogP contribution in [0.4, 0.5) is 0 Å². The number of rotatable bonds is 8. The Balaban J connectivity index is 1.56. The van der Waals surface area contributed by atoms with Gasteiger partial charge in [-0.05, 0) is 36.5 Å². The number of halogens is 1. The molecule has 0 heterocycles. The Labute approximate surface area is 117 Å². The molecule has 100 valence electrons. The first-order valence-electron chi connectivity index (χ1n) is 6.45. The number of hydrogen-bond acceptors (Lipinski definition) is 3. The summed E-state index contributed by atoms with van der Waals surface area (Å²) in [6, 6.07) is 8.15. The molecule has 0 spiro atoms. The zero-order valence-corrected chi connectivity index (χ0v) is 12.0. The Hall–Kier alpha value is -0.420. The standard InChI is InChI=1S/C14H20BrNO2/c15-13-3-1-2-12(6-13)7-16-8-14(17)10-18-9-11-4-5-11/h1-3,6,11,14,16-17H,4-5,7-10H2. The van der Waals surface area contributed by atoms with E-state index in [9.17, 15) is 5.11 Å². The third-order valence-corrected chi connectivity index (χ3v) is 3.45. The first kappa shape index (κ1) is 14.0. The van der Waals surface area contributed by atoms with Crippen molar-refractivity contribution in [1.82, 2.24) is 5.32 Å². The van der Waals surface area contributed by atoms with Crippen molar-refractivity contribution in [3.63, 3.8) is 0 Å². The van der Waals surface area contributed by atoms with Crippen molar-refractivity contribution < 1.29 is 9.84 Å². The van der Waals surface area contributed by atoms with Gasteiger partial charge in [0.1, 0.15) is 0 Å². The topological polar surface area (TPSA) is 41.5 Å². The van der Waals surface area contributed by atoms with E-state index in [1.54, 1.807) is 0 Å². The van der Waals surface area contributed by atoms with E-state index < -0.39 is 6.10 Å². The van der Waals surface area contributed by atoms with Crippen LogP contribution in [-0.2, 0) is 11.3 Å². The first-order chi connectivity index (χ1) is 8.74. The Morgan fingerprint density at radius 1 is 1.44 bits per heavy atom. The first-order valence-corrected chi connectivity index (χ1v) is 7.24. The second kappa shape index (κ2) is 7.24. The molecular formula is C14H20BrNO2. The fraction of sp³-hybridized carbons (Fsp3) is 0.571. The molecule has 1 atom stereocenters. The summed E-state index contributed by atoms with van der Waals surface area (Å²) in [5, 5.41) is 12.9. The summed E-state index contributed by atoms with van der Waals surface area (Å²) in [6.45, 7) is 2.57. The van der Waals surface area contributed by atoms with Gasteiger partial charge in [-0.25, -0.2) is 0 Å². The molecule has 2 N–H and O–H groups in total. The minimum Gasteiger partial charge on any atom is -0.389 e. The van der Waals surface area contributed by atoms with Gasteiger partial charge >= 0.3 is 0 Å². The minimum atomic E-state index is -0.420. The highest BCUT2D eigenvalue weighted by molar-refractivity contribution is 9.10. The third-order valence-electron chi connectivity index (χ3n) is 2.96. The molecule has 0 aliphatic heterocycles. The molecule has 0 amide bonds. The van der Waals surface area contributed by atoms with Gasteiger partial charge in [0.2, 0.25) is 0 Å². The van der Waals surface area contributed by atoms with Crippen molar-refractivity contribution in [1.29, 1.82) is 0 Å². The van der Waals surface area contributed by atoms with Crippen LogP contribution < -0.4 is 5.32 Å². The maximum absolute atomic E-state index is 9.72. The number of ether oxygens (including phenoxy) is 1. The van der Waals surface area contributed by atoms with Gasteiger partial charge in [-0.1, -0.05) is 28.1 Å². The molecule has 18 heavy (non-hydrogen) atoms. The number of aliphatic hydroxyl groups excluding tert-OH is 1. The maximum atomic E-state index is 9.72. The zero-order chi connectivity index (χ0) is 12.8. The second-order valence-corrected chi connectivity index (χ2v) is 5.81. The summed E-state index contributed by atoms with van der Waals surface area (Å²) in [5.74, 6) is 0.756. The lowest BCUT2D eigenvalue weighted by molar-refractivity contribution is 0.0324. The number of hydrogen-bond donors (Lipinski definition) is 2. The van der Waals surface area contributed by atoms with E-state index in [4.69, 9.17) is 4.74 Å². The summed E-state index contributed by atoms with van der Waals surface area (Å²) >= 11 is 3.44.